The van der Waals surface area contributed by atoms with Crippen molar-refractivity contribution in [3.8, 4) is 17.6 Å². The quantitative estimate of drug-likeness (QED) is 0.0934. The van der Waals surface area contributed by atoms with E-state index in [1.807, 2.05) is 19.1 Å². The fraction of sp³-hybridized carbons (Fsp3) is 0.120. The zero-order valence-electron chi connectivity index (χ0n) is 18.5. The lowest BCUT2D eigenvalue weighted by Gasteiger charge is -2.15. The number of ether oxygens (including phenoxy) is 2. The van der Waals surface area contributed by atoms with Gasteiger partial charge in [0.25, 0.3) is 11.6 Å². The van der Waals surface area contributed by atoms with Crippen LogP contribution in [0.4, 0.5) is 11.4 Å². The molecule has 0 unspecified atom stereocenters. The van der Waals surface area contributed by atoms with Crippen molar-refractivity contribution >= 4 is 61.9 Å². The number of rotatable bonds is 9. The van der Waals surface area contributed by atoms with Gasteiger partial charge >= 0.3 is 0 Å². The minimum atomic E-state index is -0.537. The Labute approximate surface area is 224 Å². The Balaban J connectivity index is 1.85. The molecule has 0 fully saturated rings. The molecule has 3 aromatic rings. The van der Waals surface area contributed by atoms with Crippen LogP contribution in [0.3, 0.4) is 0 Å². The molecule has 35 heavy (non-hydrogen) atoms. The number of halogens is 2. The highest BCUT2D eigenvalue weighted by molar-refractivity contribution is 14.1. The number of non-ortho nitro benzene ring substituents is 1. The number of nitrogens with one attached hydrogen (secondary N) is 1. The summed E-state index contributed by atoms with van der Waals surface area (Å²) in [6.45, 7) is 2.29. The zero-order valence-corrected chi connectivity index (χ0v) is 22.2. The number of benzene rings is 3. The SMILES string of the molecule is CCOc1cc(/C=C(/C#N)C(=O)Nc2cccc(Br)c2)cc(I)c1OCc1cccc([N+](=O)[O-])c1. The van der Waals surface area contributed by atoms with Gasteiger partial charge in [0.05, 0.1) is 15.1 Å². The lowest BCUT2D eigenvalue weighted by molar-refractivity contribution is -0.384. The molecule has 0 aromatic heterocycles. The summed E-state index contributed by atoms with van der Waals surface area (Å²) in [4.78, 5) is 23.2. The number of nitriles is 1. The molecule has 0 spiro atoms. The Morgan fingerprint density at radius 1 is 1.20 bits per heavy atom. The van der Waals surface area contributed by atoms with Crippen LogP contribution in [0, 0.1) is 25.0 Å². The van der Waals surface area contributed by atoms with Crippen molar-refractivity contribution < 1.29 is 19.2 Å². The van der Waals surface area contributed by atoms with E-state index in [4.69, 9.17) is 9.47 Å². The molecule has 178 valence electrons. The van der Waals surface area contributed by atoms with Crippen molar-refractivity contribution in [2.45, 2.75) is 13.5 Å². The van der Waals surface area contributed by atoms with E-state index in [0.717, 1.165) is 4.47 Å². The van der Waals surface area contributed by atoms with Crippen molar-refractivity contribution in [3.63, 3.8) is 0 Å². The number of carbonyl (C=O) groups excluding carboxylic acids is 1. The first-order valence-corrected chi connectivity index (χ1v) is 12.2. The highest BCUT2D eigenvalue weighted by Crippen LogP contribution is 2.35. The fourth-order valence-electron chi connectivity index (χ4n) is 3.07. The molecule has 0 bridgehead atoms. The Kier molecular flexibility index (Phi) is 9.22. The first kappa shape index (κ1) is 26.2. The van der Waals surface area contributed by atoms with E-state index in [1.165, 1.54) is 18.2 Å². The van der Waals surface area contributed by atoms with Gasteiger partial charge in [-0.2, -0.15) is 5.26 Å². The van der Waals surface area contributed by atoms with Crippen LogP contribution in [-0.2, 0) is 11.4 Å². The summed E-state index contributed by atoms with van der Waals surface area (Å²) in [7, 11) is 0. The van der Waals surface area contributed by atoms with Gasteiger partial charge in [-0.1, -0.05) is 34.1 Å². The monoisotopic (exact) mass is 647 g/mol. The van der Waals surface area contributed by atoms with Crippen LogP contribution < -0.4 is 14.8 Å². The molecule has 3 rings (SSSR count). The van der Waals surface area contributed by atoms with Crippen LogP contribution in [-0.4, -0.2) is 17.4 Å². The molecule has 0 heterocycles. The molecule has 0 aliphatic carbocycles. The van der Waals surface area contributed by atoms with Gasteiger partial charge < -0.3 is 14.8 Å². The highest BCUT2D eigenvalue weighted by Gasteiger charge is 2.15. The van der Waals surface area contributed by atoms with Gasteiger partial charge in [0.2, 0.25) is 0 Å². The topological polar surface area (TPSA) is 114 Å². The predicted octanol–water partition coefficient (Wildman–Crippen LogP) is 6.49. The van der Waals surface area contributed by atoms with Gasteiger partial charge in [-0.05, 0) is 77.0 Å². The third-order valence-electron chi connectivity index (χ3n) is 4.59. The maximum Gasteiger partial charge on any atom is 0.269 e. The van der Waals surface area contributed by atoms with Crippen LogP contribution in [0.15, 0.2) is 70.7 Å². The van der Waals surface area contributed by atoms with Crippen LogP contribution in [0.1, 0.15) is 18.1 Å². The van der Waals surface area contributed by atoms with Crippen LogP contribution in [0.5, 0.6) is 11.5 Å². The number of nitro benzene ring substituents is 1. The fourth-order valence-corrected chi connectivity index (χ4v) is 4.25. The Bertz CT molecular complexity index is 1340. The first-order valence-electron chi connectivity index (χ1n) is 10.3. The third kappa shape index (κ3) is 7.27. The van der Waals surface area contributed by atoms with Crippen LogP contribution in [0.25, 0.3) is 6.08 Å². The van der Waals surface area contributed by atoms with Gasteiger partial charge in [-0.25, -0.2) is 0 Å². The summed E-state index contributed by atoms with van der Waals surface area (Å²) in [6, 6.07) is 18.6. The molecule has 1 amide bonds. The molecule has 10 heteroatoms. The van der Waals surface area contributed by atoms with Crippen molar-refractivity contribution in [1.29, 1.82) is 5.26 Å². The minimum Gasteiger partial charge on any atom is -0.490 e. The average Bonchev–Trinajstić information content (AvgIpc) is 2.82. The van der Waals surface area contributed by atoms with E-state index in [9.17, 15) is 20.2 Å². The van der Waals surface area contributed by atoms with Crippen LogP contribution >= 0.6 is 38.5 Å². The summed E-state index contributed by atoms with van der Waals surface area (Å²) < 4.78 is 13.2. The maximum atomic E-state index is 12.6. The Morgan fingerprint density at radius 2 is 1.97 bits per heavy atom. The van der Waals surface area contributed by atoms with E-state index >= 15 is 0 Å². The average molecular weight is 648 g/mol. The zero-order chi connectivity index (χ0) is 25.4. The second-order valence-electron chi connectivity index (χ2n) is 7.11. The minimum absolute atomic E-state index is 0.0171. The molecule has 0 aliphatic heterocycles. The van der Waals surface area contributed by atoms with Crippen molar-refractivity contribution in [3.05, 3.63) is 95.5 Å². The van der Waals surface area contributed by atoms with E-state index in [0.29, 0.717) is 38.5 Å². The normalized spacial score (nSPS) is 10.9. The molecule has 0 aliphatic rings. The van der Waals surface area contributed by atoms with E-state index < -0.39 is 10.8 Å². The summed E-state index contributed by atoms with van der Waals surface area (Å²) in [5, 5.41) is 23.3. The standard InChI is InChI=1S/C25H19BrIN3O5/c1-2-34-23-12-17(9-18(14-28)25(31)29-20-7-4-6-19(26)13-20)11-22(27)24(23)35-15-16-5-3-8-21(10-16)30(32)33/h3-13H,2,15H2,1H3,(H,29,31)/b18-9-. The number of amides is 1. The molecular weight excluding hydrogens is 629 g/mol. The number of carbonyl (C=O) groups is 1. The lowest BCUT2D eigenvalue weighted by Crippen LogP contribution is -2.13. The van der Waals surface area contributed by atoms with Gasteiger partial charge in [-0.15, -0.1) is 0 Å². The lowest BCUT2D eigenvalue weighted by atomic mass is 10.1. The second-order valence-corrected chi connectivity index (χ2v) is 9.19. The molecule has 0 atom stereocenters. The first-order chi connectivity index (χ1) is 16.8. The molecule has 3 aromatic carbocycles. The number of hydrogen-bond acceptors (Lipinski definition) is 6. The smallest absolute Gasteiger partial charge is 0.269 e. The Hall–Kier alpha value is -3.43. The maximum absolute atomic E-state index is 12.6. The van der Waals surface area contributed by atoms with Gasteiger partial charge in [-0.3, -0.25) is 14.9 Å². The summed E-state index contributed by atoms with van der Waals surface area (Å²) in [5.74, 6) is 0.360. The van der Waals surface area contributed by atoms with Crippen molar-refractivity contribution in [1.82, 2.24) is 0 Å². The van der Waals surface area contributed by atoms with Crippen molar-refractivity contribution in [2.75, 3.05) is 11.9 Å². The molecule has 0 saturated carbocycles. The van der Waals surface area contributed by atoms with E-state index in [1.54, 1.807) is 42.5 Å². The number of nitro groups is 1. The second kappa shape index (κ2) is 12.3. The third-order valence-corrected chi connectivity index (χ3v) is 5.89. The molecule has 0 saturated heterocycles. The summed E-state index contributed by atoms with van der Waals surface area (Å²) in [6.07, 6.45) is 1.47. The molecule has 0 radical (unpaired) electrons. The van der Waals surface area contributed by atoms with Gasteiger partial charge in [0.1, 0.15) is 18.2 Å². The summed E-state index contributed by atoms with van der Waals surface area (Å²) >= 11 is 5.43. The number of hydrogen-bond donors (Lipinski definition) is 1. The van der Waals surface area contributed by atoms with E-state index in [-0.39, 0.29) is 17.9 Å². The summed E-state index contributed by atoms with van der Waals surface area (Å²) in [5.41, 5.74) is 1.68. The predicted molar refractivity (Wildman–Crippen MR) is 144 cm³/mol. The Morgan fingerprint density at radius 3 is 2.66 bits per heavy atom. The van der Waals surface area contributed by atoms with Gasteiger partial charge in [0, 0.05) is 22.3 Å². The molecule has 8 nitrogen and oxygen atoms in total. The molecule has 1 N–H and O–H groups in total. The van der Waals surface area contributed by atoms with Gasteiger partial charge in [0.15, 0.2) is 11.5 Å². The van der Waals surface area contributed by atoms with E-state index in [2.05, 4.69) is 43.8 Å². The van der Waals surface area contributed by atoms with Crippen LogP contribution in [0.2, 0.25) is 0 Å². The highest BCUT2D eigenvalue weighted by atomic mass is 127. The van der Waals surface area contributed by atoms with Crippen molar-refractivity contribution in [2.24, 2.45) is 0 Å². The number of nitrogens with zero attached hydrogens (tertiary/aromatic N) is 2. The molecular formula is C25H19BrIN3O5. The number of anilines is 1. The largest absolute Gasteiger partial charge is 0.490 e.